The van der Waals surface area contributed by atoms with Crippen LogP contribution in [0.2, 0.25) is 5.02 Å². The lowest BCUT2D eigenvalue weighted by Crippen LogP contribution is -2.06. The minimum absolute atomic E-state index is 0.0193. The number of aromatic nitrogens is 1. The molecule has 0 fully saturated rings. The zero-order valence-electron chi connectivity index (χ0n) is 8.45. The first kappa shape index (κ1) is 12.2. The Morgan fingerprint density at radius 1 is 1.29 bits per heavy atom. The topological polar surface area (TPSA) is 30.0 Å². The third-order valence-electron chi connectivity index (χ3n) is 2.16. The molecule has 0 saturated heterocycles. The molecule has 5 heteroatoms. The lowest BCUT2D eigenvalue weighted by Gasteiger charge is -2.03. The predicted octanol–water partition coefficient (Wildman–Crippen LogP) is 3.87. The highest BCUT2D eigenvalue weighted by Gasteiger charge is 2.16. The summed E-state index contributed by atoms with van der Waals surface area (Å²) < 4.78 is 13.9. The van der Waals surface area contributed by atoms with E-state index in [1.165, 1.54) is 30.5 Å². The maximum Gasteiger partial charge on any atom is 0.214 e. The molecule has 17 heavy (non-hydrogen) atoms. The molecule has 0 aliphatic rings. The summed E-state index contributed by atoms with van der Waals surface area (Å²) in [5.74, 6) is -1.06. The Hall–Kier alpha value is -1.26. The van der Waals surface area contributed by atoms with Crippen molar-refractivity contribution in [3.63, 3.8) is 0 Å². The zero-order valence-corrected chi connectivity index (χ0v) is 10.8. The number of pyridine rings is 1. The Kier molecular flexibility index (Phi) is 3.54. The van der Waals surface area contributed by atoms with Crippen molar-refractivity contribution >= 4 is 33.3 Å². The third-order valence-corrected chi connectivity index (χ3v) is 2.99. The number of carbonyl (C=O) groups excluding carboxylic acids is 1. The van der Waals surface area contributed by atoms with Crippen molar-refractivity contribution in [2.24, 2.45) is 0 Å². The normalized spacial score (nSPS) is 10.3. The highest BCUT2D eigenvalue weighted by atomic mass is 79.9. The number of ketones is 1. The molecule has 1 aromatic carbocycles. The van der Waals surface area contributed by atoms with Crippen LogP contribution in [0.15, 0.2) is 41.0 Å². The van der Waals surface area contributed by atoms with E-state index in [1.807, 2.05) is 0 Å². The maximum atomic E-state index is 13.7. The number of rotatable bonds is 2. The van der Waals surface area contributed by atoms with E-state index in [9.17, 15) is 9.18 Å². The summed E-state index contributed by atoms with van der Waals surface area (Å²) in [6, 6.07) is 7.54. The molecule has 0 saturated carbocycles. The quantitative estimate of drug-likeness (QED) is 0.788. The molecule has 0 radical (unpaired) electrons. The van der Waals surface area contributed by atoms with Crippen molar-refractivity contribution in [2.75, 3.05) is 0 Å². The van der Waals surface area contributed by atoms with Gasteiger partial charge in [0.05, 0.1) is 15.1 Å². The van der Waals surface area contributed by atoms with Crippen molar-refractivity contribution < 1.29 is 9.18 Å². The van der Waals surface area contributed by atoms with Crippen LogP contribution in [-0.2, 0) is 0 Å². The Balaban J connectivity index is 2.44. The van der Waals surface area contributed by atoms with E-state index in [-0.39, 0.29) is 15.7 Å². The Morgan fingerprint density at radius 2 is 2.06 bits per heavy atom. The van der Waals surface area contributed by atoms with Crippen LogP contribution in [0, 0.1) is 5.82 Å². The maximum absolute atomic E-state index is 13.7. The van der Waals surface area contributed by atoms with Crippen LogP contribution in [0.4, 0.5) is 4.39 Å². The summed E-state index contributed by atoms with van der Waals surface area (Å²) in [6.45, 7) is 0. The second-order valence-corrected chi connectivity index (χ2v) is 4.58. The fourth-order valence-electron chi connectivity index (χ4n) is 1.33. The van der Waals surface area contributed by atoms with Gasteiger partial charge in [-0.3, -0.25) is 9.78 Å². The molecule has 2 nitrogen and oxygen atoms in total. The number of carbonyl (C=O) groups is 1. The molecular formula is C12H6BrClFNO. The summed E-state index contributed by atoms with van der Waals surface area (Å²) >= 11 is 8.69. The van der Waals surface area contributed by atoms with Gasteiger partial charge >= 0.3 is 0 Å². The molecule has 0 amide bonds. The van der Waals surface area contributed by atoms with E-state index in [0.717, 1.165) is 0 Å². The van der Waals surface area contributed by atoms with Crippen molar-refractivity contribution in [1.82, 2.24) is 4.98 Å². The van der Waals surface area contributed by atoms with Gasteiger partial charge in [0.15, 0.2) is 0 Å². The summed E-state index contributed by atoms with van der Waals surface area (Å²) in [4.78, 5) is 15.8. The van der Waals surface area contributed by atoms with Crippen molar-refractivity contribution in [3.05, 3.63) is 63.1 Å². The molecule has 0 N–H and O–H groups in total. The van der Waals surface area contributed by atoms with Gasteiger partial charge < -0.3 is 0 Å². The molecule has 1 aromatic heterocycles. The van der Waals surface area contributed by atoms with E-state index in [4.69, 9.17) is 11.6 Å². The number of hydrogen-bond acceptors (Lipinski definition) is 2. The average molecular weight is 315 g/mol. The van der Waals surface area contributed by atoms with Gasteiger partial charge in [0.2, 0.25) is 5.78 Å². The van der Waals surface area contributed by atoms with Gasteiger partial charge in [-0.2, -0.15) is 0 Å². The molecule has 0 bridgehead atoms. The van der Waals surface area contributed by atoms with Crippen molar-refractivity contribution in [3.8, 4) is 0 Å². The smallest absolute Gasteiger partial charge is 0.214 e. The van der Waals surface area contributed by atoms with Gasteiger partial charge in [0.25, 0.3) is 0 Å². The largest absolute Gasteiger partial charge is 0.287 e. The minimum atomic E-state index is -0.589. The Bertz CT molecular complexity index is 571. The van der Waals surface area contributed by atoms with E-state index in [1.54, 1.807) is 6.07 Å². The van der Waals surface area contributed by atoms with Crippen LogP contribution in [0.5, 0.6) is 0 Å². The van der Waals surface area contributed by atoms with Crippen molar-refractivity contribution in [2.45, 2.75) is 0 Å². The summed E-state index contributed by atoms with van der Waals surface area (Å²) in [5, 5.41) is 0.427. The molecular weight excluding hydrogens is 308 g/mol. The number of halogens is 3. The van der Waals surface area contributed by atoms with E-state index < -0.39 is 11.6 Å². The van der Waals surface area contributed by atoms with Crippen LogP contribution in [0.3, 0.4) is 0 Å². The SMILES string of the molecule is O=C(c1ccc(Cl)cn1)c1cccc(Br)c1F. The van der Waals surface area contributed by atoms with Crippen molar-refractivity contribution in [1.29, 1.82) is 0 Å². The molecule has 0 spiro atoms. The number of hydrogen-bond donors (Lipinski definition) is 0. The monoisotopic (exact) mass is 313 g/mol. The first-order valence-corrected chi connectivity index (χ1v) is 5.87. The minimum Gasteiger partial charge on any atom is -0.287 e. The highest BCUT2D eigenvalue weighted by molar-refractivity contribution is 9.10. The second-order valence-electron chi connectivity index (χ2n) is 3.29. The zero-order chi connectivity index (χ0) is 12.4. The van der Waals surface area contributed by atoms with E-state index in [2.05, 4.69) is 20.9 Å². The fourth-order valence-corrected chi connectivity index (χ4v) is 1.81. The third kappa shape index (κ3) is 2.53. The van der Waals surface area contributed by atoms with Gasteiger partial charge in [-0.1, -0.05) is 17.7 Å². The van der Waals surface area contributed by atoms with Crippen LogP contribution >= 0.6 is 27.5 Å². The highest BCUT2D eigenvalue weighted by Crippen LogP contribution is 2.20. The number of benzene rings is 1. The molecule has 0 aliphatic heterocycles. The Labute approximate surface area is 111 Å². The number of nitrogens with zero attached hydrogens (tertiary/aromatic N) is 1. The second kappa shape index (κ2) is 4.94. The van der Waals surface area contributed by atoms with Crippen LogP contribution < -0.4 is 0 Å². The van der Waals surface area contributed by atoms with E-state index >= 15 is 0 Å². The lowest BCUT2D eigenvalue weighted by molar-refractivity contribution is 0.103. The molecule has 0 aliphatic carbocycles. The molecule has 2 aromatic rings. The predicted molar refractivity (Wildman–Crippen MR) is 66.8 cm³/mol. The molecule has 0 atom stereocenters. The standard InChI is InChI=1S/C12H6BrClFNO/c13-9-3-1-2-8(11(9)15)12(17)10-5-4-7(14)6-16-10/h1-6H. The average Bonchev–Trinajstić information content (AvgIpc) is 2.33. The van der Waals surface area contributed by atoms with Gasteiger partial charge in [-0.05, 0) is 40.2 Å². The Morgan fingerprint density at radius 3 is 2.71 bits per heavy atom. The van der Waals surface area contributed by atoms with Gasteiger partial charge in [-0.25, -0.2) is 4.39 Å². The molecule has 2 rings (SSSR count). The van der Waals surface area contributed by atoms with Gasteiger partial charge in [0, 0.05) is 6.20 Å². The van der Waals surface area contributed by atoms with Crippen LogP contribution in [-0.4, -0.2) is 10.8 Å². The van der Waals surface area contributed by atoms with Gasteiger partial charge in [-0.15, -0.1) is 0 Å². The first-order valence-electron chi connectivity index (χ1n) is 4.70. The van der Waals surface area contributed by atoms with Crippen LogP contribution in [0.25, 0.3) is 0 Å². The fraction of sp³-hybridized carbons (Fsp3) is 0. The summed E-state index contributed by atoms with van der Waals surface area (Å²) in [6.07, 6.45) is 1.35. The molecule has 0 unspecified atom stereocenters. The first-order chi connectivity index (χ1) is 8.09. The van der Waals surface area contributed by atoms with E-state index in [0.29, 0.717) is 5.02 Å². The summed E-state index contributed by atoms with van der Waals surface area (Å²) in [7, 11) is 0. The van der Waals surface area contributed by atoms with Crippen LogP contribution in [0.1, 0.15) is 16.1 Å². The van der Waals surface area contributed by atoms with Gasteiger partial charge in [0.1, 0.15) is 11.5 Å². The lowest BCUT2D eigenvalue weighted by atomic mass is 10.1. The molecule has 1 heterocycles. The molecule has 86 valence electrons. The summed E-state index contributed by atoms with van der Waals surface area (Å²) in [5.41, 5.74) is 0.139.